The maximum atomic E-state index is 15.0. The Morgan fingerprint density at radius 1 is 1.05 bits per heavy atom. The number of carbonyl (C=O) groups excluding carboxylic acids is 5. The predicted octanol–water partition coefficient (Wildman–Crippen LogP) is 2.74. The molecule has 6 rings (SSSR count). The second-order valence-corrected chi connectivity index (χ2v) is 18.7. The molecule has 300 valence electrons. The lowest BCUT2D eigenvalue weighted by atomic mass is 9.86. The van der Waals surface area contributed by atoms with E-state index < -0.39 is 69.1 Å². The van der Waals surface area contributed by atoms with Gasteiger partial charge < -0.3 is 26.2 Å². The molecule has 2 aliphatic heterocycles. The molecule has 0 spiro atoms. The number of nitrogens with zero attached hydrogens (tertiary/aromatic N) is 2. The molecule has 1 saturated carbocycles. The summed E-state index contributed by atoms with van der Waals surface area (Å²) in [5.74, 6) is -0.589. The summed E-state index contributed by atoms with van der Waals surface area (Å²) in [5, 5.41) is 11.3. The molecule has 1 unspecified atom stereocenters. The number of rotatable bonds is 14. The number of hydrogen-bond donors (Lipinski definition) is 4. The highest BCUT2D eigenvalue weighted by atomic mass is 32.2. The van der Waals surface area contributed by atoms with E-state index in [9.17, 15) is 32.4 Å². The summed E-state index contributed by atoms with van der Waals surface area (Å²) in [6.45, 7) is 10.0. The minimum atomic E-state index is -3.70. The van der Waals surface area contributed by atoms with E-state index in [1.165, 1.54) is 10.4 Å². The van der Waals surface area contributed by atoms with Gasteiger partial charge in [-0.2, -0.15) is 4.31 Å². The maximum Gasteiger partial charge on any atom is 0.315 e. The standard InChI is InChI=1S/C42H54N6O7S/c1-6-8-18-32(37(49)39(51)43-20-7-2)44-38(50)36-31-17-11-15-28(31)24-48(36)40(52)35(30-21-26-13-9-10-14-27(26)22-30)46-41(53)45-34(42(3,4)5)25-47-23-29-16-12-19-33(29)56(47,54)55/h1,7,9-10,12-14,19,28,30-32,34-36H,2,8,11,15-18,20-25H2,3-5H3,(H,43,51)(H,44,50)(H2,45,46,53)/t28-,31-,32?,34+,35-,36-/m0/s1. The van der Waals surface area contributed by atoms with Gasteiger partial charge in [0.15, 0.2) is 0 Å². The summed E-state index contributed by atoms with van der Waals surface area (Å²) in [7, 11) is -3.70. The number of Topliss-reactive ketones (excluding diaryl/α,β-unsaturated/α-hetero) is 1. The van der Waals surface area contributed by atoms with E-state index in [0.717, 1.165) is 29.5 Å². The van der Waals surface area contributed by atoms with Gasteiger partial charge in [0.05, 0.1) is 10.9 Å². The number of nitrogens with one attached hydrogen (secondary N) is 4. The highest BCUT2D eigenvalue weighted by Crippen LogP contribution is 2.43. The highest BCUT2D eigenvalue weighted by Gasteiger charge is 2.52. The Balaban J connectivity index is 1.24. The zero-order valence-electron chi connectivity index (χ0n) is 32.5. The molecule has 2 fully saturated rings. The molecule has 13 nitrogen and oxygen atoms in total. The average molecular weight is 787 g/mol. The van der Waals surface area contributed by atoms with Gasteiger partial charge in [-0.05, 0) is 84.5 Å². The van der Waals surface area contributed by atoms with Crippen LogP contribution in [0.1, 0.15) is 70.4 Å². The van der Waals surface area contributed by atoms with Gasteiger partial charge in [0.1, 0.15) is 12.1 Å². The predicted molar refractivity (Wildman–Crippen MR) is 212 cm³/mol. The number of urea groups is 1. The fourth-order valence-corrected chi connectivity index (χ4v) is 10.8. The lowest BCUT2D eigenvalue weighted by Gasteiger charge is -2.36. The largest absolute Gasteiger partial charge is 0.346 e. The maximum absolute atomic E-state index is 15.0. The van der Waals surface area contributed by atoms with Gasteiger partial charge in [-0.15, -0.1) is 18.9 Å². The number of amides is 5. The zero-order chi connectivity index (χ0) is 40.4. The summed E-state index contributed by atoms with van der Waals surface area (Å²) in [6.07, 6.45) is 14.7. The van der Waals surface area contributed by atoms with Crippen molar-refractivity contribution in [1.82, 2.24) is 30.5 Å². The van der Waals surface area contributed by atoms with Crippen LogP contribution >= 0.6 is 0 Å². The van der Waals surface area contributed by atoms with Crippen molar-refractivity contribution < 1.29 is 32.4 Å². The van der Waals surface area contributed by atoms with Crippen LogP contribution in [0, 0.1) is 35.5 Å². The van der Waals surface area contributed by atoms with E-state index >= 15 is 0 Å². The molecule has 0 aromatic heterocycles. The van der Waals surface area contributed by atoms with Crippen molar-refractivity contribution in [1.29, 1.82) is 0 Å². The van der Waals surface area contributed by atoms with Crippen molar-refractivity contribution in [2.45, 2.75) is 96.3 Å². The summed E-state index contributed by atoms with van der Waals surface area (Å²) < 4.78 is 28.2. The Kier molecular flexibility index (Phi) is 12.3. The van der Waals surface area contributed by atoms with E-state index in [1.807, 2.05) is 51.1 Å². The van der Waals surface area contributed by atoms with Crippen LogP contribution in [0.25, 0.3) is 0 Å². The van der Waals surface area contributed by atoms with Crippen molar-refractivity contribution in [2.75, 3.05) is 26.2 Å². The van der Waals surface area contributed by atoms with Gasteiger partial charge in [-0.1, -0.05) is 63.6 Å². The van der Waals surface area contributed by atoms with Crippen molar-refractivity contribution in [3.8, 4) is 12.3 Å². The zero-order valence-corrected chi connectivity index (χ0v) is 33.3. The first-order valence-electron chi connectivity index (χ1n) is 19.6. The van der Waals surface area contributed by atoms with E-state index in [2.05, 4.69) is 33.8 Å². The minimum absolute atomic E-state index is 0.0467. The number of fused-ring (bicyclic) bond motifs is 2. The molecule has 6 atom stereocenters. The second kappa shape index (κ2) is 16.8. The first kappa shape index (κ1) is 40.9. The number of allylic oxidation sites excluding steroid dienone is 2. The number of ketones is 1. The van der Waals surface area contributed by atoms with Crippen LogP contribution < -0.4 is 21.3 Å². The normalized spacial score (nSPS) is 24.0. The third-order valence-corrected chi connectivity index (χ3v) is 14.0. The number of likely N-dealkylation sites (tertiary alicyclic amines) is 1. The first-order valence-corrected chi connectivity index (χ1v) is 21.1. The molecule has 3 aliphatic carbocycles. The average Bonchev–Trinajstić information content (AvgIpc) is 3.98. The van der Waals surface area contributed by atoms with Crippen molar-refractivity contribution >= 4 is 39.6 Å². The topological polar surface area (TPSA) is 174 Å². The van der Waals surface area contributed by atoms with Crippen LogP contribution in [0.4, 0.5) is 4.79 Å². The van der Waals surface area contributed by atoms with Crippen LogP contribution in [-0.2, 0) is 42.0 Å². The first-order chi connectivity index (χ1) is 26.6. The third kappa shape index (κ3) is 8.49. The van der Waals surface area contributed by atoms with Gasteiger partial charge >= 0.3 is 6.03 Å². The number of sulfonamides is 1. The number of hydrogen-bond acceptors (Lipinski definition) is 7. The molecule has 0 radical (unpaired) electrons. The molecule has 1 saturated heterocycles. The van der Waals surface area contributed by atoms with Crippen molar-refractivity contribution in [3.63, 3.8) is 0 Å². The molecular weight excluding hydrogens is 733 g/mol. The molecule has 5 amide bonds. The summed E-state index contributed by atoms with van der Waals surface area (Å²) in [5.41, 5.74) is 2.45. The summed E-state index contributed by atoms with van der Waals surface area (Å²) in [4.78, 5) is 71.1. The molecule has 5 aliphatic rings. The quantitative estimate of drug-likeness (QED) is 0.128. The molecule has 2 heterocycles. The molecule has 56 heavy (non-hydrogen) atoms. The van der Waals surface area contributed by atoms with Gasteiger partial charge in [-0.25, -0.2) is 13.2 Å². The molecular formula is C42H54N6O7S. The molecule has 4 N–H and O–H groups in total. The fraction of sp³-hybridized carbons (Fsp3) is 0.548. The summed E-state index contributed by atoms with van der Waals surface area (Å²) >= 11 is 0. The van der Waals surface area contributed by atoms with Crippen LogP contribution in [0.2, 0.25) is 0 Å². The van der Waals surface area contributed by atoms with Crippen molar-refractivity contribution in [2.24, 2.45) is 23.2 Å². The fourth-order valence-electron chi connectivity index (χ4n) is 9.04. The molecule has 0 bridgehead atoms. The minimum Gasteiger partial charge on any atom is -0.346 e. The SMILES string of the molecule is C#CCCC(NC(=O)[C@@H]1[C@H]2CCC[C@H]2CN1C(=O)[C@@H](NC(=O)N[C@H](CN1CC2=C(C=CC2)S1(=O)=O)C(C)(C)C)C1Cc2ccccc2C1)C(=O)C(=O)NCC=C. The Bertz CT molecular complexity index is 1950. The van der Waals surface area contributed by atoms with E-state index in [4.69, 9.17) is 6.42 Å². The highest BCUT2D eigenvalue weighted by molar-refractivity contribution is 7.93. The Labute approximate surface area is 330 Å². The van der Waals surface area contributed by atoms with Crippen LogP contribution in [0.5, 0.6) is 0 Å². The smallest absolute Gasteiger partial charge is 0.315 e. The Morgan fingerprint density at radius 3 is 2.41 bits per heavy atom. The molecule has 1 aromatic carbocycles. The third-order valence-electron chi connectivity index (χ3n) is 12.1. The molecule has 1 aromatic rings. The van der Waals surface area contributed by atoms with Crippen molar-refractivity contribution in [3.05, 3.63) is 70.7 Å². The van der Waals surface area contributed by atoms with E-state index in [-0.39, 0.29) is 50.2 Å². The number of terminal acetylenes is 1. The molecule has 14 heteroatoms. The summed E-state index contributed by atoms with van der Waals surface area (Å²) in [6, 6.07) is 3.56. The van der Waals surface area contributed by atoms with Crippen LogP contribution in [0.15, 0.2) is 59.6 Å². The Morgan fingerprint density at radius 2 is 1.77 bits per heavy atom. The van der Waals surface area contributed by atoms with Crippen LogP contribution in [-0.4, -0.2) is 97.5 Å². The monoisotopic (exact) mass is 786 g/mol. The lowest BCUT2D eigenvalue weighted by molar-refractivity contribution is -0.144. The van der Waals surface area contributed by atoms with Gasteiger partial charge in [0.25, 0.3) is 5.91 Å². The van der Waals surface area contributed by atoms with Gasteiger partial charge in [0.2, 0.25) is 27.6 Å². The number of benzene rings is 1. The van der Waals surface area contributed by atoms with Crippen LogP contribution in [0.3, 0.4) is 0 Å². The second-order valence-electron chi connectivity index (χ2n) is 16.8. The van der Waals surface area contributed by atoms with E-state index in [0.29, 0.717) is 37.1 Å². The van der Waals surface area contributed by atoms with Gasteiger partial charge in [-0.3, -0.25) is 19.2 Å². The van der Waals surface area contributed by atoms with E-state index in [1.54, 1.807) is 11.0 Å². The lowest BCUT2D eigenvalue weighted by Crippen LogP contribution is -2.61. The number of carbonyl (C=O) groups is 5. The Hall–Kier alpha value is -4.74. The van der Waals surface area contributed by atoms with Gasteiger partial charge in [0, 0.05) is 38.6 Å².